The smallest absolute Gasteiger partial charge is 0.123 e. The standard InChI is InChI=1S/C9H7FN2/c10-8-3-1-2-7(6-8)9(12)4-5-11/h1-4,6H,12H2/b9-4-. The third kappa shape index (κ3) is 1.83. The number of benzene rings is 1. The van der Waals surface area contributed by atoms with E-state index in [4.69, 9.17) is 11.0 Å². The van der Waals surface area contributed by atoms with E-state index >= 15 is 0 Å². The van der Waals surface area contributed by atoms with Crippen LogP contribution >= 0.6 is 0 Å². The molecule has 3 heteroatoms. The monoisotopic (exact) mass is 162 g/mol. The molecule has 0 atom stereocenters. The summed E-state index contributed by atoms with van der Waals surface area (Å²) in [5.41, 5.74) is 6.25. The molecule has 0 bridgehead atoms. The lowest BCUT2D eigenvalue weighted by atomic mass is 10.1. The van der Waals surface area contributed by atoms with E-state index in [-0.39, 0.29) is 11.5 Å². The fourth-order valence-electron chi connectivity index (χ4n) is 0.821. The van der Waals surface area contributed by atoms with Crippen LogP contribution in [0.15, 0.2) is 30.3 Å². The molecule has 0 unspecified atom stereocenters. The Kier molecular flexibility index (Phi) is 2.44. The van der Waals surface area contributed by atoms with Crippen LogP contribution in [0.25, 0.3) is 5.70 Å². The van der Waals surface area contributed by atoms with Crippen molar-refractivity contribution < 1.29 is 4.39 Å². The van der Waals surface area contributed by atoms with E-state index in [1.54, 1.807) is 18.2 Å². The number of hydrogen-bond donors (Lipinski definition) is 1. The number of nitrogens with two attached hydrogens (primary N) is 1. The molecule has 0 amide bonds. The van der Waals surface area contributed by atoms with Crippen LogP contribution in [0.5, 0.6) is 0 Å². The number of halogens is 1. The maximum absolute atomic E-state index is 12.6. The SMILES string of the molecule is N#C/C=C(\N)c1cccc(F)c1. The molecule has 60 valence electrons. The predicted octanol–water partition coefficient (Wildman–Crippen LogP) is 1.65. The van der Waals surface area contributed by atoms with E-state index in [1.807, 2.05) is 0 Å². The van der Waals surface area contributed by atoms with Crippen molar-refractivity contribution in [3.63, 3.8) is 0 Å². The van der Waals surface area contributed by atoms with Crippen molar-refractivity contribution in [1.29, 1.82) is 5.26 Å². The van der Waals surface area contributed by atoms with E-state index < -0.39 is 0 Å². The van der Waals surface area contributed by atoms with E-state index in [1.165, 1.54) is 18.2 Å². The first-order chi connectivity index (χ1) is 5.74. The van der Waals surface area contributed by atoms with Gasteiger partial charge in [-0.25, -0.2) is 4.39 Å². The van der Waals surface area contributed by atoms with Gasteiger partial charge in [-0.3, -0.25) is 0 Å². The van der Waals surface area contributed by atoms with Gasteiger partial charge in [0.05, 0.1) is 6.07 Å². The molecule has 1 aromatic rings. The average Bonchev–Trinajstić information content (AvgIpc) is 2.05. The third-order valence-corrected chi connectivity index (χ3v) is 1.38. The largest absolute Gasteiger partial charge is 0.398 e. The summed E-state index contributed by atoms with van der Waals surface area (Å²) in [4.78, 5) is 0. The second-order valence-electron chi connectivity index (χ2n) is 2.24. The van der Waals surface area contributed by atoms with Gasteiger partial charge in [-0.05, 0) is 12.1 Å². The highest BCUT2D eigenvalue weighted by molar-refractivity contribution is 5.64. The fourth-order valence-corrected chi connectivity index (χ4v) is 0.821. The van der Waals surface area contributed by atoms with Crippen LogP contribution in [0.1, 0.15) is 5.56 Å². The highest BCUT2D eigenvalue weighted by atomic mass is 19.1. The minimum atomic E-state index is -0.359. The zero-order valence-electron chi connectivity index (χ0n) is 6.29. The molecule has 2 nitrogen and oxygen atoms in total. The Morgan fingerprint density at radius 3 is 2.92 bits per heavy atom. The molecule has 0 spiro atoms. The van der Waals surface area contributed by atoms with Gasteiger partial charge < -0.3 is 5.73 Å². The molecule has 0 aliphatic rings. The van der Waals surface area contributed by atoms with Crippen LogP contribution in [0.4, 0.5) is 4.39 Å². The molecule has 0 aromatic heterocycles. The quantitative estimate of drug-likeness (QED) is 0.638. The molecule has 0 aliphatic heterocycles. The van der Waals surface area contributed by atoms with Gasteiger partial charge in [0.1, 0.15) is 5.82 Å². The summed E-state index contributed by atoms with van der Waals surface area (Å²) in [6.07, 6.45) is 1.18. The first-order valence-electron chi connectivity index (χ1n) is 3.35. The summed E-state index contributed by atoms with van der Waals surface area (Å²) in [5.74, 6) is -0.359. The summed E-state index contributed by atoms with van der Waals surface area (Å²) in [6, 6.07) is 7.57. The molecular formula is C9H7FN2. The third-order valence-electron chi connectivity index (χ3n) is 1.38. The van der Waals surface area contributed by atoms with E-state index in [0.29, 0.717) is 5.56 Å². The molecule has 1 rings (SSSR count). The minimum absolute atomic E-state index is 0.275. The molecule has 1 aromatic carbocycles. The van der Waals surface area contributed by atoms with Crippen LogP contribution in [-0.2, 0) is 0 Å². The van der Waals surface area contributed by atoms with Crippen molar-refractivity contribution >= 4 is 5.70 Å². The molecule has 0 fully saturated rings. The molecular weight excluding hydrogens is 155 g/mol. The topological polar surface area (TPSA) is 49.8 Å². The molecule has 12 heavy (non-hydrogen) atoms. The van der Waals surface area contributed by atoms with Gasteiger partial charge in [0, 0.05) is 17.3 Å². The fraction of sp³-hybridized carbons (Fsp3) is 0. The average molecular weight is 162 g/mol. The first-order valence-corrected chi connectivity index (χ1v) is 3.35. The number of hydrogen-bond acceptors (Lipinski definition) is 2. The maximum atomic E-state index is 12.6. The van der Waals surface area contributed by atoms with Gasteiger partial charge in [0.25, 0.3) is 0 Å². The minimum Gasteiger partial charge on any atom is -0.398 e. The van der Waals surface area contributed by atoms with Crippen molar-refractivity contribution in [3.8, 4) is 6.07 Å². The van der Waals surface area contributed by atoms with Crippen molar-refractivity contribution in [3.05, 3.63) is 41.7 Å². The predicted molar refractivity (Wildman–Crippen MR) is 44.2 cm³/mol. The van der Waals surface area contributed by atoms with Crippen LogP contribution in [-0.4, -0.2) is 0 Å². The maximum Gasteiger partial charge on any atom is 0.123 e. The molecule has 0 aliphatic carbocycles. The van der Waals surface area contributed by atoms with Crippen molar-refractivity contribution in [2.75, 3.05) is 0 Å². The first kappa shape index (κ1) is 8.28. The Morgan fingerprint density at radius 1 is 1.58 bits per heavy atom. The highest BCUT2D eigenvalue weighted by Gasteiger charge is 1.96. The zero-order valence-corrected chi connectivity index (χ0v) is 6.29. The van der Waals surface area contributed by atoms with Gasteiger partial charge in [-0.2, -0.15) is 5.26 Å². The number of nitriles is 1. The van der Waals surface area contributed by atoms with Gasteiger partial charge in [-0.15, -0.1) is 0 Å². The number of nitrogens with zero attached hydrogens (tertiary/aromatic N) is 1. The summed E-state index contributed by atoms with van der Waals surface area (Å²) in [6.45, 7) is 0. The Morgan fingerprint density at radius 2 is 2.33 bits per heavy atom. The van der Waals surface area contributed by atoms with Crippen LogP contribution in [0, 0.1) is 17.1 Å². The second-order valence-corrected chi connectivity index (χ2v) is 2.24. The van der Waals surface area contributed by atoms with Crippen LogP contribution in [0.3, 0.4) is 0 Å². The van der Waals surface area contributed by atoms with Crippen molar-refractivity contribution in [1.82, 2.24) is 0 Å². The van der Waals surface area contributed by atoms with Gasteiger partial charge in [0.15, 0.2) is 0 Å². The van der Waals surface area contributed by atoms with E-state index in [9.17, 15) is 4.39 Å². The van der Waals surface area contributed by atoms with Crippen LogP contribution in [0.2, 0.25) is 0 Å². The van der Waals surface area contributed by atoms with Crippen molar-refractivity contribution in [2.45, 2.75) is 0 Å². The van der Waals surface area contributed by atoms with E-state index in [0.717, 1.165) is 0 Å². The molecule has 0 radical (unpaired) electrons. The molecule has 2 N–H and O–H groups in total. The van der Waals surface area contributed by atoms with Gasteiger partial charge in [-0.1, -0.05) is 12.1 Å². The Bertz CT molecular complexity index is 350. The Balaban J connectivity index is 3.05. The number of rotatable bonds is 1. The lowest BCUT2D eigenvalue weighted by molar-refractivity contribution is 0.627. The summed E-state index contributed by atoms with van der Waals surface area (Å²) >= 11 is 0. The normalized spacial score (nSPS) is 10.8. The second kappa shape index (κ2) is 3.54. The Hall–Kier alpha value is -1.82. The summed E-state index contributed by atoms with van der Waals surface area (Å²) < 4.78 is 12.6. The Labute approximate surface area is 69.7 Å². The molecule has 0 saturated carbocycles. The highest BCUT2D eigenvalue weighted by Crippen LogP contribution is 2.09. The molecule has 0 heterocycles. The summed E-state index contributed by atoms with van der Waals surface area (Å²) in [5, 5.41) is 8.27. The lowest BCUT2D eigenvalue weighted by Crippen LogP contribution is -1.95. The van der Waals surface area contributed by atoms with Gasteiger partial charge in [0.2, 0.25) is 0 Å². The van der Waals surface area contributed by atoms with E-state index in [2.05, 4.69) is 0 Å². The zero-order chi connectivity index (χ0) is 8.97. The molecule has 0 saturated heterocycles. The van der Waals surface area contributed by atoms with Gasteiger partial charge >= 0.3 is 0 Å². The lowest BCUT2D eigenvalue weighted by Gasteiger charge is -1.98. The van der Waals surface area contributed by atoms with Crippen molar-refractivity contribution in [2.24, 2.45) is 5.73 Å². The van der Waals surface area contributed by atoms with Crippen LogP contribution < -0.4 is 5.73 Å². The summed E-state index contributed by atoms with van der Waals surface area (Å²) in [7, 11) is 0. The number of allylic oxidation sites excluding steroid dienone is 1.